The van der Waals surface area contributed by atoms with E-state index < -0.39 is 0 Å². The van der Waals surface area contributed by atoms with E-state index in [9.17, 15) is 0 Å². The smallest absolute Gasteiger partial charge is 0.161 e. The average Bonchev–Trinajstić information content (AvgIpc) is 2.34. The second-order valence-corrected chi connectivity index (χ2v) is 4.10. The first-order chi connectivity index (χ1) is 8.20. The van der Waals surface area contributed by atoms with Gasteiger partial charge in [-0.2, -0.15) is 0 Å². The minimum absolute atomic E-state index is 0.370. The Kier molecular flexibility index (Phi) is 3.68. The van der Waals surface area contributed by atoms with Crippen LogP contribution in [0, 0.1) is 0 Å². The number of nitrogen functional groups attached to an aromatic ring is 1. The molecule has 0 amide bonds. The number of hydrogen-bond acceptors (Lipinski definition) is 4. The Labute approximate surface area is 109 Å². The highest BCUT2D eigenvalue weighted by Gasteiger charge is 2.08. The van der Waals surface area contributed by atoms with Gasteiger partial charge in [0.25, 0.3) is 0 Å². The van der Waals surface area contributed by atoms with Gasteiger partial charge in [-0.1, -0.05) is 41.4 Å². The van der Waals surface area contributed by atoms with Crippen molar-refractivity contribution in [3.8, 4) is 0 Å². The summed E-state index contributed by atoms with van der Waals surface area (Å²) in [6.07, 6.45) is 0. The predicted octanol–water partition coefficient (Wildman–Crippen LogP) is 3.42. The van der Waals surface area contributed by atoms with E-state index in [1.807, 2.05) is 30.3 Å². The Morgan fingerprint density at radius 1 is 1.00 bits per heavy atom. The molecular formula is C11H10Cl2N4. The van der Waals surface area contributed by atoms with Crippen LogP contribution in [-0.2, 0) is 0 Å². The zero-order chi connectivity index (χ0) is 12.3. The van der Waals surface area contributed by atoms with Crippen molar-refractivity contribution in [1.29, 1.82) is 0 Å². The Hall–Kier alpha value is -1.49. The predicted molar refractivity (Wildman–Crippen MR) is 71.8 cm³/mol. The van der Waals surface area contributed by atoms with Gasteiger partial charge in [-0.3, -0.25) is 0 Å². The number of hydrazine groups is 1. The van der Waals surface area contributed by atoms with Crippen LogP contribution in [0.4, 0.5) is 17.3 Å². The second kappa shape index (κ2) is 5.23. The van der Waals surface area contributed by atoms with Gasteiger partial charge in [-0.15, -0.1) is 0 Å². The minimum atomic E-state index is 0.370. The lowest BCUT2D eigenvalue weighted by molar-refractivity contribution is 1.22. The lowest BCUT2D eigenvalue weighted by Gasteiger charge is -2.10. The van der Waals surface area contributed by atoms with E-state index in [1.54, 1.807) is 6.07 Å². The summed E-state index contributed by atoms with van der Waals surface area (Å²) in [6.45, 7) is 0. The molecule has 0 spiro atoms. The maximum Gasteiger partial charge on any atom is 0.161 e. The molecule has 0 saturated carbocycles. The highest BCUT2D eigenvalue weighted by molar-refractivity contribution is 6.37. The zero-order valence-electron chi connectivity index (χ0n) is 8.74. The van der Waals surface area contributed by atoms with Gasteiger partial charge in [-0.25, -0.2) is 10.8 Å². The van der Waals surface area contributed by atoms with Crippen molar-refractivity contribution in [2.24, 2.45) is 5.84 Å². The third-order valence-electron chi connectivity index (χ3n) is 2.10. The first-order valence-electron chi connectivity index (χ1n) is 4.85. The number of anilines is 3. The summed E-state index contributed by atoms with van der Waals surface area (Å²) in [6, 6.07) is 11.1. The Bertz CT molecular complexity index is 516. The van der Waals surface area contributed by atoms with Crippen LogP contribution in [0.25, 0.3) is 0 Å². The SMILES string of the molecule is NNc1nc(Nc2ccccc2)c(Cl)cc1Cl. The van der Waals surface area contributed by atoms with Crippen molar-refractivity contribution in [3.05, 3.63) is 46.4 Å². The number of para-hydroxylation sites is 1. The molecule has 0 fully saturated rings. The molecule has 0 aliphatic carbocycles. The summed E-state index contributed by atoms with van der Waals surface area (Å²) >= 11 is 11.9. The molecule has 6 heteroatoms. The summed E-state index contributed by atoms with van der Waals surface area (Å²) in [5, 5.41) is 3.88. The van der Waals surface area contributed by atoms with E-state index in [0.717, 1.165) is 5.69 Å². The molecule has 88 valence electrons. The first-order valence-corrected chi connectivity index (χ1v) is 5.61. The molecule has 1 heterocycles. The van der Waals surface area contributed by atoms with Crippen LogP contribution in [0.3, 0.4) is 0 Å². The van der Waals surface area contributed by atoms with Crippen LogP contribution in [0.1, 0.15) is 0 Å². The van der Waals surface area contributed by atoms with Crippen molar-refractivity contribution in [2.45, 2.75) is 0 Å². The van der Waals surface area contributed by atoms with E-state index in [0.29, 0.717) is 21.7 Å². The largest absolute Gasteiger partial charge is 0.339 e. The van der Waals surface area contributed by atoms with Gasteiger partial charge in [0.05, 0.1) is 10.0 Å². The molecular weight excluding hydrogens is 259 g/mol. The monoisotopic (exact) mass is 268 g/mol. The van der Waals surface area contributed by atoms with Gasteiger partial charge < -0.3 is 10.7 Å². The lowest BCUT2D eigenvalue weighted by Crippen LogP contribution is -2.10. The van der Waals surface area contributed by atoms with Crippen LogP contribution in [-0.4, -0.2) is 4.98 Å². The summed E-state index contributed by atoms with van der Waals surface area (Å²) in [5.41, 5.74) is 3.29. The van der Waals surface area contributed by atoms with Crippen LogP contribution in [0.2, 0.25) is 10.0 Å². The van der Waals surface area contributed by atoms with Crippen LogP contribution in [0.5, 0.6) is 0 Å². The summed E-state index contributed by atoms with van der Waals surface area (Å²) < 4.78 is 0. The van der Waals surface area contributed by atoms with Crippen molar-refractivity contribution in [3.63, 3.8) is 0 Å². The number of benzene rings is 1. The number of rotatable bonds is 3. The Morgan fingerprint density at radius 2 is 1.65 bits per heavy atom. The van der Waals surface area contributed by atoms with Crippen LogP contribution < -0.4 is 16.6 Å². The van der Waals surface area contributed by atoms with Crippen molar-refractivity contribution in [1.82, 2.24) is 4.98 Å². The number of halogens is 2. The standard InChI is InChI=1S/C11H10Cl2N4/c12-8-6-9(13)11(17-14)16-10(8)15-7-4-2-1-3-5-7/h1-6H,14H2,(H2,15,16,17). The molecule has 0 atom stereocenters. The third kappa shape index (κ3) is 2.79. The summed E-state index contributed by atoms with van der Waals surface area (Å²) in [4.78, 5) is 4.17. The van der Waals surface area contributed by atoms with Gasteiger partial charge in [0, 0.05) is 5.69 Å². The second-order valence-electron chi connectivity index (χ2n) is 3.28. The van der Waals surface area contributed by atoms with E-state index in [-0.39, 0.29) is 0 Å². The zero-order valence-corrected chi connectivity index (χ0v) is 10.3. The minimum Gasteiger partial charge on any atom is -0.339 e. The lowest BCUT2D eigenvalue weighted by atomic mass is 10.3. The van der Waals surface area contributed by atoms with E-state index in [1.165, 1.54) is 0 Å². The third-order valence-corrected chi connectivity index (χ3v) is 2.68. The number of hydrogen-bond donors (Lipinski definition) is 3. The number of nitrogens with two attached hydrogens (primary N) is 1. The molecule has 1 aromatic carbocycles. The van der Waals surface area contributed by atoms with Gasteiger partial charge in [0.1, 0.15) is 0 Å². The van der Waals surface area contributed by atoms with E-state index >= 15 is 0 Å². The van der Waals surface area contributed by atoms with Gasteiger partial charge in [0.15, 0.2) is 11.6 Å². The maximum absolute atomic E-state index is 6.03. The molecule has 17 heavy (non-hydrogen) atoms. The van der Waals surface area contributed by atoms with Gasteiger partial charge in [0.2, 0.25) is 0 Å². The van der Waals surface area contributed by atoms with Crippen molar-refractivity contribution >= 4 is 40.5 Å². The van der Waals surface area contributed by atoms with Crippen molar-refractivity contribution in [2.75, 3.05) is 10.7 Å². The molecule has 0 unspecified atom stereocenters. The highest BCUT2D eigenvalue weighted by atomic mass is 35.5. The molecule has 2 aromatic rings. The molecule has 1 aromatic heterocycles. The molecule has 4 nitrogen and oxygen atoms in total. The first kappa shape index (κ1) is 12.0. The molecule has 0 saturated heterocycles. The fourth-order valence-electron chi connectivity index (χ4n) is 1.31. The van der Waals surface area contributed by atoms with Crippen molar-refractivity contribution < 1.29 is 0 Å². The summed E-state index contributed by atoms with van der Waals surface area (Å²) in [5.74, 6) is 6.16. The molecule has 0 radical (unpaired) electrons. The highest BCUT2D eigenvalue weighted by Crippen LogP contribution is 2.30. The maximum atomic E-state index is 6.03. The fraction of sp³-hybridized carbons (Fsp3) is 0. The average molecular weight is 269 g/mol. The molecule has 0 aliphatic heterocycles. The Balaban J connectivity index is 2.33. The van der Waals surface area contributed by atoms with E-state index in [2.05, 4.69) is 15.7 Å². The normalized spacial score (nSPS) is 10.1. The fourth-order valence-corrected chi connectivity index (χ4v) is 1.77. The molecule has 0 bridgehead atoms. The van der Waals surface area contributed by atoms with Crippen LogP contribution >= 0.6 is 23.2 Å². The molecule has 4 N–H and O–H groups in total. The Morgan fingerprint density at radius 3 is 2.29 bits per heavy atom. The van der Waals surface area contributed by atoms with Gasteiger partial charge in [-0.05, 0) is 18.2 Å². The number of aromatic nitrogens is 1. The number of nitrogens with zero attached hydrogens (tertiary/aromatic N) is 1. The number of nitrogens with one attached hydrogen (secondary N) is 2. The molecule has 0 aliphatic rings. The quantitative estimate of drug-likeness (QED) is 0.590. The van der Waals surface area contributed by atoms with E-state index in [4.69, 9.17) is 29.0 Å². The topological polar surface area (TPSA) is 63.0 Å². The number of pyridine rings is 1. The summed E-state index contributed by atoms with van der Waals surface area (Å²) in [7, 11) is 0. The van der Waals surface area contributed by atoms with Gasteiger partial charge >= 0.3 is 0 Å². The van der Waals surface area contributed by atoms with Crippen LogP contribution in [0.15, 0.2) is 36.4 Å². The molecule has 2 rings (SSSR count).